The highest BCUT2D eigenvalue weighted by atomic mass is 16.2. The Labute approximate surface area is 182 Å². The second kappa shape index (κ2) is 9.31. The molecule has 7 nitrogen and oxygen atoms in total. The molecule has 4 amide bonds. The number of nitrogens with zero attached hydrogens (tertiary/aromatic N) is 2. The van der Waals surface area contributed by atoms with Gasteiger partial charge in [0.25, 0.3) is 0 Å². The molecule has 162 valence electrons. The van der Waals surface area contributed by atoms with Gasteiger partial charge in [0, 0.05) is 5.69 Å². The topological polar surface area (TPSA) is 81.8 Å². The number of anilines is 1. The number of benzene rings is 2. The average molecular weight is 421 g/mol. The van der Waals surface area contributed by atoms with E-state index in [0.29, 0.717) is 12.1 Å². The highest BCUT2D eigenvalue weighted by molar-refractivity contribution is 6.02. The summed E-state index contributed by atoms with van der Waals surface area (Å²) in [5.41, 5.74) is 2.76. The Kier molecular flexibility index (Phi) is 6.32. The number of rotatable bonds is 6. The smallest absolute Gasteiger partial charge is 0.325 e. The zero-order valence-corrected chi connectivity index (χ0v) is 17.7. The van der Waals surface area contributed by atoms with Crippen molar-refractivity contribution in [2.45, 2.75) is 44.8 Å². The lowest BCUT2D eigenvalue weighted by molar-refractivity contribution is -0.138. The number of imide groups is 1. The molecule has 2 atom stereocenters. The minimum Gasteiger partial charge on any atom is -0.325 e. The zero-order chi connectivity index (χ0) is 21.8. The maximum absolute atomic E-state index is 13.3. The molecule has 4 rings (SSSR count). The number of aryl methyl sites for hydroxylation is 1. The third kappa shape index (κ3) is 4.61. The van der Waals surface area contributed by atoms with Gasteiger partial charge in [-0.25, -0.2) is 4.79 Å². The first kappa shape index (κ1) is 21.1. The van der Waals surface area contributed by atoms with Crippen molar-refractivity contribution < 1.29 is 14.4 Å². The molecule has 2 aliphatic rings. The molecule has 2 aromatic carbocycles. The summed E-state index contributed by atoms with van der Waals surface area (Å²) in [5, 5.41) is 6.13. The fraction of sp³-hybridized carbons (Fsp3) is 0.375. The predicted octanol–water partition coefficient (Wildman–Crippen LogP) is 2.77. The fourth-order valence-electron chi connectivity index (χ4n) is 4.29. The van der Waals surface area contributed by atoms with Crippen LogP contribution in [0, 0.1) is 0 Å². The Morgan fingerprint density at radius 1 is 1.06 bits per heavy atom. The van der Waals surface area contributed by atoms with Gasteiger partial charge in [0.2, 0.25) is 11.8 Å². The number of carbonyl (C=O) groups is 3. The molecule has 7 heteroatoms. The van der Waals surface area contributed by atoms with Crippen LogP contribution in [-0.2, 0) is 22.6 Å². The van der Waals surface area contributed by atoms with E-state index in [4.69, 9.17) is 0 Å². The molecule has 2 N–H and O–H groups in total. The van der Waals surface area contributed by atoms with E-state index in [9.17, 15) is 14.4 Å². The van der Waals surface area contributed by atoms with E-state index in [-0.39, 0.29) is 30.9 Å². The highest BCUT2D eigenvalue weighted by Gasteiger charge is 2.47. The summed E-state index contributed by atoms with van der Waals surface area (Å²) in [6, 6.07) is 15.9. The summed E-state index contributed by atoms with van der Waals surface area (Å²) in [5.74, 6) is -0.485. The first-order chi connectivity index (χ1) is 15.1. The maximum Gasteiger partial charge on any atom is 0.327 e. The van der Waals surface area contributed by atoms with Crippen molar-refractivity contribution in [1.29, 1.82) is 0 Å². The van der Waals surface area contributed by atoms with Gasteiger partial charge in [-0.15, -0.1) is 0 Å². The van der Waals surface area contributed by atoms with Crippen LogP contribution in [-0.4, -0.2) is 52.8 Å². The van der Waals surface area contributed by atoms with Crippen LogP contribution in [0.15, 0.2) is 54.6 Å². The van der Waals surface area contributed by atoms with Gasteiger partial charge in [0.15, 0.2) is 0 Å². The Morgan fingerprint density at radius 2 is 1.81 bits per heavy atom. The minimum atomic E-state index is -0.480. The van der Waals surface area contributed by atoms with Crippen molar-refractivity contribution in [3.8, 4) is 0 Å². The van der Waals surface area contributed by atoms with Crippen LogP contribution in [0.25, 0.3) is 0 Å². The summed E-state index contributed by atoms with van der Waals surface area (Å²) in [7, 11) is 0. The van der Waals surface area contributed by atoms with Crippen molar-refractivity contribution in [3.63, 3.8) is 0 Å². The molecule has 2 aliphatic heterocycles. The number of carbonyl (C=O) groups excluding carboxylic acids is 3. The summed E-state index contributed by atoms with van der Waals surface area (Å²) in [6.45, 7) is 2.91. The molecule has 2 unspecified atom stereocenters. The molecule has 0 bridgehead atoms. The molecule has 0 spiro atoms. The van der Waals surface area contributed by atoms with Gasteiger partial charge in [0.05, 0.1) is 12.6 Å². The van der Waals surface area contributed by atoms with Gasteiger partial charge in [-0.1, -0.05) is 49.4 Å². The van der Waals surface area contributed by atoms with Gasteiger partial charge in [-0.3, -0.25) is 14.5 Å². The first-order valence-corrected chi connectivity index (χ1v) is 10.8. The van der Waals surface area contributed by atoms with E-state index in [0.717, 1.165) is 24.9 Å². The van der Waals surface area contributed by atoms with Crippen LogP contribution >= 0.6 is 0 Å². The van der Waals surface area contributed by atoms with Crippen LogP contribution in [0.1, 0.15) is 30.9 Å². The number of nitrogens with one attached hydrogen (secondary N) is 2. The lowest BCUT2D eigenvalue weighted by Gasteiger charge is -2.46. The Morgan fingerprint density at radius 3 is 2.52 bits per heavy atom. The molecule has 2 saturated heterocycles. The van der Waals surface area contributed by atoms with Crippen molar-refractivity contribution >= 4 is 23.5 Å². The lowest BCUT2D eigenvalue weighted by Crippen LogP contribution is -2.70. The van der Waals surface area contributed by atoms with Gasteiger partial charge in [0.1, 0.15) is 12.6 Å². The van der Waals surface area contributed by atoms with Gasteiger partial charge < -0.3 is 15.5 Å². The van der Waals surface area contributed by atoms with Gasteiger partial charge >= 0.3 is 6.03 Å². The molecule has 2 heterocycles. The van der Waals surface area contributed by atoms with Crippen LogP contribution in [0.5, 0.6) is 0 Å². The standard InChI is InChI=1S/C24H28N4O3/c1-2-17-10-12-19(13-11-17)26-21(29)16-27-20-9-6-14-25-22(20)23(30)28(24(27)31)15-18-7-4-3-5-8-18/h3-5,7-8,10-13,20,22,25H,2,6,9,14-16H2,1H3,(H,26,29). The Hall–Kier alpha value is -3.19. The molecule has 31 heavy (non-hydrogen) atoms. The van der Waals surface area contributed by atoms with Crippen LogP contribution < -0.4 is 10.6 Å². The van der Waals surface area contributed by atoms with Gasteiger partial charge in [-0.2, -0.15) is 0 Å². The Bertz CT molecular complexity index is 945. The van der Waals surface area contributed by atoms with E-state index in [2.05, 4.69) is 17.6 Å². The van der Waals surface area contributed by atoms with Crippen molar-refractivity contribution in [2.75, 3.05) is 18.4 Å². The third-order valence-corrected chi connectivity index (χ3v) is 5.98. The van der Waals surface area contributed by atoms with E-state index < -0.39 is 12.1 Å². The second-order valence-electron chi connectivity index (χ2n) is 8.06. The largest absolute Gasteiger partial charge is 0.327 e. The number of urea groups is 1. The summed E-state index contributed by atoms with van der Waals surface area (Å²) in [6.07, 6.45) is 2.49. The molecule has 0 saturated carbocycles. The number of fused-ring (bicyclic) bond motifs is 1. The number of amides is 4. The van der Waals surface area contributed by atoms with Gasteiger partial charge in [-0.05, 0) is 49.1 Å². The molecule has 0 aliphatic carbocycles. The van der Waals surface area contributed by atoms with E-state index in [1.54, 1.807) is 4.90 Å². The van der Waals surface area contributed by atoms with E-state index >= 15 is 0 Å². The lowest BCUT2D eigenvalue weighted by atomic mass is 9.93. The monoisotopic (exact) mass is 420 g/mol. The maximum atomic E-state index is 13.3. The molecular weight excluding hydrogens is 392 g/mol. The normalized spacial score (nSPS) is 21.1. The van der Waals surface area contributed by atoms with Crippen LogP contribution in [0.4, 0.5) is 10.5 Å². The zero-order valence-electron chi connectivity index (χ0n) is 17.7. The number of hydrogen-bond acceptors (Lipinski definition) is 4. The predicted molar refractivity (Wildman–Crippen MR) is 118 cm³/mol. The summed E-state index contributed by atoms with van der Waals surface area (Å²) < 4.78 is 0. The summed E-state index contributed by atoms with van der Waals surface area (Å²) in [4.78, 5) is 41.9. The average Bonchev–Trinajstić information content (AvgIpc) is 2.80. The minimum absolute atomic E-state index is 0.0875. The van der Waals surface area contributed by atoms with E-state index in [1.807, 2.05) is 54.6 Å². The molecule has 2 aromatic rings. The van der Waals surface area contributed by atoms with Crippen LogP contribution in [0.2, 0.25) is 0 Å². The molecule has 0 radical (unpaired) electrons. The van der Waals surface area contributed by atoms with Crippen LogP contribution in [0.3, 0.4) is 0 Å². The number of piperidine rings is 1. The molecule has 0 aromatic heterocycles. The van der Waals surface area contributed by atoms with Crippen molar-refractivity contribution in [2.24, 2.45) is 0 Å². The Balaban J connectivity index is 1.51. The quantitative estimate of drug-likeness (QED) is 0.753. The van der Waals surface area contributed by atoms with E-state index in [1.165, 1.54) is 10.5 Å². The SMILES string of the molecule is CCc1ccc(NC(=O)CN2C(=O)N(Cc3ccccc3)C(=O)C3NCCCC32)cc1. The summed E-state index contributed by atoms with van der Waals surface area (Å²) >= 11 is 0. The van der Waals surface area contributed by atoms with Crippen molar-refractivity contribution in [3.05, 3.63) is 65.7 Å². The van der Waals surface area contributed by atoms with Crippen molar-refractivity contribution in [1.82, 2.24) is 15.1 Å². The molecular formula is C24H28N4O3. The molecule has 2 fully saturated rings. The number of hydrogen-bond donors (Lipinski definition) is 2. The third-order valence-electron chi connectivity index (χ3n) is 5.98. The highest BCUT2D eigenvalue weighted by Crippen LogP contribution is 2.26. The second-order valence-corrected chi connectivity index (χ2v) is 8.06. The fourth-order valence-corrected chi connectivity index (χ4v) is 4.29. The first-order valence-electron chi connectivity index (χ1n) is 10.8.